The zero-order valence-electron chi connectivity index (χ0n) is 15.4. The fourth-order valence-corrected chi connectivity index (χ4v) is 6.22. The quantitative estimate of drug-likeness (QED) is 0.294. The van der Waals surface area contributed by atoms with Gasteiger partial charge in [0, 0.05) is 10.9 Å². The number of hydrogen-bond acceptors (Lipinski definition) is 8. The zero-order chi connectivity index (χ0) is 22.8. The number of sulfonamides is 1. The minimum absolute atomic E-state index is 0.167. The molecule has 4 N–H and O–H groups in total. The Kier molecular flexibility index (Phi) is 6.35. The molecule has 31 heavy (non-hydrogen) atoms. The van der Waals surface area contributed by atoms with Crippen LogP contribution in [-0.2, 0) is 14.6 Å². The molecule has 0 bridgehead atoms. The van der Waals surface area contributed by atoms with E-state index in [1.165, 1.54) is 30.3 Å². The van der Waals surface area contributed by atoms with Crippen LogP contribution in [0.1, 0.15) is 5.56 Å². The normalized spacial score (nSPS) is 13.3. The van der Waals surface area contributed by atoms with Gasteiger partial charge in [0.2, 0.25) is 0 Å². The van der Waals surface area contributed by atoms with Crippen molar-refractivity contribution in [3.63, 3.8) is 0 Å². The van der Waals surface area contributed by atoms with Crippen molar-refractivity contribution in [2.45, 2.75) is 4.21 Å². The lowest BCUT2D eigenvalue weighted by molar-refractivity contribution is 0.377. The number of thiophene rings is 1. The maximum absolute atomic E-state index is 13.6. The van der Waals surface area contributed by atoms with Gasteiger partial charge in [0.25, 0.3) is 10.0 Å². The summed E-state index contributed by atoms with van der Waals surface area (Å²) in [6.07, 6.45) is -0.982. The molecular formula is C18H14FN2O7PS2. The van der Waals surface area contributed by atoms with Crippen LogP contribution in [0.5, 0.6) is 17.2 Å². The first kappa shape index (κ1) is 22.7. The van der Waals surface area contributed by atoms with Crippen LogP contribution < -0.4 is 9.25 Å². The standard InChI is InChI=1S/C18H14FN2O7PS2/c19-14-8-13(3-1-12(14)9-20)28-29(24,25)10-21-31(26,27)18-6-5-17(30-18)11-2-4-15(22)16(23)7-11/h1-8,21-23H,10H2,(H,24,25). The molecule has 0 spiro atoms. The number of hydrogen-bond donors (Lipinski definition) is 4. The first-order valence-electron chi connectivity index (χ1n) is 8.34. The Morgan fingerprint density at radius 3 is 2.52 bits per heavy atom. The smallest absolute Gasteiger partial charge is 0.391 e. The fourth-order valence-electron chi connectivity index (χ4n) is 2.37. The van der Waals surface area contributed by atoms with Gasteiger partial charge in [-0.05, 0) is 48.0 Å². The molecule has 0 aliphatic rings. The van der Waals surface area contributed by atoms with Gasteiger partial charge >= 0.3 is 7.60 Å². The Hall–Kier alpha value is -2.94. The number of nitrogens with zero attached hydrogens (tertiary/aromatic N) is 1. The molecule has 1 atom stereocenters. The highest BCUT2D eigenvalue weighted by Gasteiger charge is 2.27. The summed E-state index contributed by atoms with van der Waals surface area (Å²) in [5.74, 6) is -1.99. The number of halogens is 1. The molecule has 9 nitrogen and oxygen atoms in total. The highest BCUT2D eigenvalue weighted by molar-refractivity contribution is 7.92. The third kappa shape index (κ3) is 5.41. The Balaban J connectivity index is 1.71. The van der Waals surface area contributed by atoms with Crippen molar-refractivity contribution in [1.29, 1.82) is 5.26 Å². The van der Waals surface area contributed by atoms with Crippen LogP contribution in [0.15, 0.2) is 52.7 Å². The van der Waals surface area contributed by atoms with Gasteiger partial charge in [-0.1, -0.05) is 0 Å². The summed E-state index contributed by atoms with van der Waals surface area (Å²) in [6.45, 7) is 0. The molecule has 0 radical (unpaired) electrons. The first-order valence-corrected chi connectivity index (χ1v) is 12.4. The van der Waals surface area contributed by atoms with E-state index in [-0.39, 0.29) is 27.0 Å². The number of phenolic OH excluding ortho intramolecular Hbond substituents is 2. The van der Waals surface area contributed by atoms with E-state index in [1.807, 2.05) is 4.72 Å². The number of benzene rings is 2. The molecule has 3 aromatic rings. The average molecular weight is 484 g/mol. The van der Waals surface area contributed by atoms with E-state index < -0.39 is 29.7 Å². The third-order valence-electron chi connectivity index (χ3n) is 3.87. The van der Waals surface area contributed by atoms with Gasteiger partial charge in [-0.2, -0.15) is 9.98 Å². The molecule has 1 heterocycles. The molecule has 0 fully saturated rings. The van der Waals surface area contributed by atoms with Crippen molar-refractivity contribution in [3.8, 4) is 33.8 Å². The molecule has 162 valence electrons. The Morgan fingerprint density at radius 1 is 1.13 bits per heavy atom. The molecule has 0 aliphatic heterocycles. The number of phenols is 2. The van der Waals surface area contributed by atoms with Gasteiger partial charge in [0.1, 0.15) is 28.1 Å². The van der Waals surface area contributed by atoms with Crippen molar-refractivity contribution in [2.75, 3.05) is 6.29 Å². The van der Waals surface area contributed by atoms with Gasteiger partial charge in [-0.15, -0.1) is 11.3 Å². The summed E-state index contributed by atoms with van der Waals surface area (Å²) in [7, 11) is -8.72. The largest absolute Gasteiger partial charge is 0.504 e. The SMILES string of the molecule is N#Cc1ccc(OP(=O)(O)CNS(=O)(=O)c2ccc(-c3ccc(O)c(O)c3)s2)cc1F. The summed E-state index contributed by atoms with van der Waals surface area (Å²) < 4.78 is 57.3. The van der Waals surface area contributed by atoms with Crippen LogP contribution >= 0.6 is 18.9 Å². The van der Waals surface area contributed by atoms with E-state index in [9.17, 15) is 32.5 Å². The monoisotopic (exact) mass is 484 g/mol. The van der Waals surface area contributed by atoms with Crippen molar-refractivity contribution >= 4 is 29.0 Å². The number of rotatable bonds is 7. The zero-order valence-corrected chi connectivity index (χ0v) is 17.9. The predicted octanol–water partition coefficient (Wildman–Crippen LogP) is 3.34. The minimum Gasteiger partial charge on any atom is -0.504 e. The molecule has 13 heteroatoms. The van der Waals surface area contributed by atoms with Crippen molar-refractivity contribution in [3.05, 3.63) is 59.9 Å². The topological polar surface area (TPSA) is 157 Å². The Bertz CT molecular complexity index is 1330. The second-order valence-corrected chi connectivity index (χ2v) is 11.0. The summed E-state index contributed by atoms with van der Waals surface area (Å²) in [6, 6.07) is 11.2. The summed E-state index contributed by atoms with van der Waals surface area (Å²) in [4.78, 5) is 10.4. The second-order valence-electron chi connectivity index (χ2n) is 6.11. The maximum atomic E-state index is 13.6. The van der Waals surface area contributed by atoms with Crippen LogP contribution in [0.25, 0.3) is 10.4 Å². The molecule has 0 saturated carbocycles. The molecule has 2 aromatic carbocycles. The van der Waals surface area contributed by atoms with Crippen molar-refractivity contribution in [2.24, 2.45) is 0 Å². The third-order valence-corrected chi connectivity index (χ3v) is 8.16. The number of nitrogens with one attached hydrogen (secondary N) is 1. The summed E-state index contributed by atoms with van der Waals surface area (Å²) >= 11 is 0.833. The molecule has 1 unspecified atom stereocenters. The molecule has 0 saturated heterocycles. The van der Waals surface area contributed by atoms with Crippen molar-refractivity contribution < 1.29 is 37.0 Å². The van der Waals surface area contributed by atoms with E-state index in [0.717, 1.165) is 29.5 Å². The summed E-state index contributed by atoms with van der Waals surface area (Å²) in [5, 5.41) is 27.6. The van der Waals surface area contributed by atoms with Crippen molar-refractivity contribution in [1.82, 2.24) is 4.72 Å². The molecule has 1 aromatic heterocycles. The highest BCUT2D eigenvalue weighted by Crippen LogP contribution is 2.42. The second kappa shape index (κ2) is 8.66. The van der Waals surface area contributed by atoms with Gasteiger partial charge in [-0.25, -0.2) is 17.4 Å². The fraction of sp³-hybridized carbons (Fsp3) is 0.0556. The van der Waals surface area contributed by atoms with Crippen LogP contribution in [0.4, 0.5) is 4.39 Å². The molecule has 3 rings (SSSR count). The molecular weight excluding hydrogens is 470 g/mol. The average Bonchev–Trinajstić information content (AvgIpc) is 3.20. The van der Waals surface area contributed by atoms with Gasteiger partial charge in [0.05, 0.1) is 5.56 Å². The van der Waals surface area contributed by atoms with E-state index >= 15 is 0 Å². The van der Waals surface area contributed by atoms with Crippen LogP contribution in [0.3, 0.4) is 0 Å². The van der Waals surface area contributed by atoms with Gasteiger partial charge in [-0.3, -0.25) is 0 Å². The first-order chi connectivity index (χ1) is 14.5. The van der Waals surface area contributed by atoms with Crippen LogP contribution in [0.2, 0.25) is 0 Å². The highest BCUT2D eigenvalue weighted by atomic mass is 32.2. The minimum atomic E-state index is -4.53. The lowest BCUT2D eigenvalue weighted by Gasteiger charge is -2.14. The molecule has 0 amide bonds. The lowest BCUT2D eigenvalue weighted by Crippen LogP contribution is -2.25. The van der Waals surface area contributed by atoms with E-state index in [2.05, 4.69) is 0 Å². The van der Waals surface area contributed by atoms with E-state index in [0.29, 0.717) is 10.4 Å². The van der Waals surface area contributed by atoms with E-state index in [1.54, 1.807) is 6.07 Å². The van der Waals surface area contributed by atoms with Gasteiger partial charge < -0.3 is 19.6 Å². The van der Waals surface area contributed by atoms with Gasteiger partial charge in [0.15, 0.2) is 11.5 Å². The number of aromatic hydroxyl groups is 2. The Labute approximate surface area is 180 Å². The number of nitriles is 1. The summed E-state index contributed by atoms with van der Waals surface area (Å²) in [5.41, 5.74) is 0.178. The molecule has 0 aliphatic carbocycles. The van der Waals surface area contributed by atoms with Crippen LogP contribution in [-0.4, -0.2) is 29.8 Å². The predicted molar refractivity (Wildman–Crippen MR) is 110 cm³/mol. The maximum Gasteiger partial charge on any atom is 0.391 e. The van der Waals surface area contributed by atoms with E-state index in [4.69, 9.17) is 9.79 Å². The van der Waals surface area contributed by atoms with Crippen LogP contribution in [0, 0.1) is 17.1 Å². The Morgan fingerprint density at radius 2 is 1.87 bits per heavy atom. The lowest BCUT2D eigenvalue weighted by atomic mass is 10.2.